The first kappa shape index (κ1) is 13.1. The third kappa shape index (κ3) is 2.74. The summed E-state index contributed by atoms with van der Waals surface area (Å²) in [6, 6.07) is 3.94. The van der Waals surface area contributed by atoms with Crippen molar-refractivity contribution < 1.29 is 4.42 Å². The molecule has 0 aliphatic heterocycles. The van der Waals surface area contributed by atoms with Crippen molar-refractivity contribution in [1.82, 2.24) is 10.3 Å². The zero-order valence-corrected chi connectivity index (χ0v) is 11.4. The molecule has 0 radical (unpaired) electrons. The van der Waals surface area contributed by atoms with Crippen molar-refractivity contribution in [2.45, 2.75) is 26.3 Å². The molecule has 0 aliphatic carbocycles. The summed E-state index contributed by atoms with van der Waals surface area (Å²) in [4.78, 5) is 4.20. The maximum atomic E-state index is 6.09. The zero-order chi connectivity index (χ0) is 13.0. The molecule has 0 amide bonds. The SMILES string of the molecule is CCCNC(c1cnccc1C)c1ccoc1Cl. The molecule has 2 aromatic heterocycles. The van der Waals surface area contributed by atoms with Crippen LogP contribution in [0.2, 0.25) is 5.22 Å². The van der Waals surface area contributed by atoms with Crippen LogP contribution in [0.4, 0.5) is 0 Å². The van der Waals surface area contributed by atoms with Crippen LogP contribution in [0, 0.1) is 6.92 Å². The number of nitrogens with one attached hydrogen (secondary N) is 1. The minimum atomic E-state index is 0.0323. The molecule has 0 aliphatic rings. The first-order chi connectivity index (χ1) is 8.74. The van der Waals surface area contributed by atoms with Crippen molar-refractivity contribution in [1.29, 1.82) is 0 Å². The molecule has 0 spiro atoms. The third-order valence-electron chi connectivity index (χ3n) is 2.95. The first-order valence-electron chi connectivity index (χ1n) is 6.10. The lowest BCUT2D eigenvalue weighted by atomic mass is 9.99. The normalized spacial score (nSPS) is 12.6. The van der Waals surface area contributed by atoms with Gasteiger partial charge in [-0.1, -0.05) is 6.92 Å². The van der Waals surface area contributed by atoms with Gasteiger partial charge in [-0.3, -0.25) is 4.98 Å². The highest BCUT2D eigenvalue weighted by Crippen LogP contribution is 2.30. The predicted molar refractivity (Wildman–Crippen MR) is 72.8 cm³/mol. The third-order valence-corrected chi connectivity index (χ3v) is 3.25. The van der Waals surface area contributed by atoms with Gasteiger partial charge >= 0.3 is 0 Å². The van der Waals surface area contributed by atoms with Crippen molar-refractivity contribution in [3.63, 3.8) is 0 Å². The topological polar surface area (TPSA) is 38.1 Å². The predicted octanol–water partition coefficient (Wildman–Crippen LogP) is 3.73. The minimum absolute atomic E-state index is 0.0323. The summed E-state index contributed by atoms with van der Waals surface area (Å²) in [5, 5.41) is 3.92. The molecule has 0 saturated heterocycles. The van der Waals surface area contributed by atoms with Crippen LogP contribution in [0.1, 0.15) is 36.1 Å². The molecule has 2 rings (SSSR count). The van der Waals surface area contributed by atoms with Crippen LogP contribution in [0.15, 0.2) is 35.2 Å². The summed E-state index contributed by atoms with van der Waals surface area (Å²) in [7, 11) is 0. The molecule has 18 heavy (non-hydrogen) atoms. The van der Waals surface area contributed by atoms with Crippen LogP contribution in [0.25, 0.3) is 0 Å². The molecule has 1 N–H and O–H groups in total. The summed E-state index contributed by atoms with van der Waals surface area (Å²) in [5.41, 5.74) is 3.28. The summed E-state index contributed by atoms with van der Waals surface area (Å²) in [6.07, 6.45) is 6.36. The fourth-order valence-electron chi connectivity index (χ4n) is 1.96. The van der Waals surface area contributed by atoms with E-state index in [4.69, 9.17) is 16.0 Å². The van der Waals surface area contributed by atoms with E-state index in [1.807, 2.05) is 18.3 Å². The van der Waals surface area contributed by atoms with Crippen molar-refractivity contribution in [3.05, 3.63) is 52.7 Å². The second-order valence-electron chi connectivity index (χ2n) is 4.27. The Balaban J connectivity index is 2.37. The van der Waals surface area contributed by atoms with E-state index < -0.39 is 0 Å². The molecule has 0 bridgehead atoms. The van der Waals surface area contributed by atoms with Crippen LogP contribution < -0.4 is 5.32 Å². The van der Waals surface area contributed by atoms with Gasteiger partial charge in [-0.2, -0.15) is 0 Å². The highest BCUT2D eigenvalue weighted by atomic mass is 35.5. The van der Waals surface area contributed by atoms with Crippen LogP contribution in [0.3, 0.4) is 0 Å². The monoisotopic (exact) mass is 264 g/mol. The molecule has 3 nitrogen and oxygen atoms in total. The lowest BCUT2D eigenvalue weighted by Crippen LogP contribution is -2.24. The summed E-state index contributed by atoms with van der Waals surface area (Å²) < 4.78 is 5.19. The molecule has 0 saturated carbocycles. The quantitative estimate of drug-likeness (QED) is 0.894. The molecule has 1 atom stereocenters. The van der Waals surface area contributed by atoms with Gasteiger partial charge in [0, 0.05) is 18.0 Å². The highest BCUT2D eigenvalue weighted by molar-refractivity contribution is 6.29. The Labute approximate surface area is 112 Å². The van der Waals surface area contributed by atoms with Gasteiger partial charge in [-0.05, 0) is 54.7 Å². The van der Waals surface area contributed by atoms with E-state index in [9.17, 15) is 0 Å². The van der Waals surface area contributed by atoms with E-state index in [1.165, 1.54) is 5.56 Å². The number of nitrogens with zero attached hydrogens (tertiary/aromatic N) is 1. The molecule has 4 heteroatoms. The largest absolute Gasteiger partial charge is 0.453 e. The van der Waals surface area contributed by atoms with E-state index in [-0.39, 0.29) is 6.04 Å². The number of hydrogen-bond donors (Lipinski definition) is 1. The summed E-state index contributed by atoms with van der Waals surface area (Å²) >= 11 is 6.09. The number of halogens is 1. The van der Waals surface area contributed by atoms with Crippen LogP contribution >= 0.6 is 11.6 Å². The first-order valence-corrected chi connectivity index (χ1v) is 6.48. The molecule has 2 aromatic rings. The molecule has 0 fully saturated rings. The van der Waals surface area contributed by atoms with Gasteiger partial charge in [0.15, 0.2) is 5.22 Å². The Morgan fingerprint density at radius 2 is 2.22 bits per heavy atom. The maximum absolute atomic E-state index is 6.09. The van der Waals surface area contributed by atoms with Gasteiger partial charge in [0.1, 0.15) is 0 Å². The maximum Gasteiger partial charge on any atom is 0.198 e. The van der Waals surface area contributed by atoms with Gasteiger partial charge in [-0.25, -0.2) is 0 Å². The number of aryl methyl sites for hydroxylation is 1. The van der Waals surface area contributed by atoms with E-state index in [1.54, 1.807) is 12.5 Å². The van der Waals surface area contributed by atoms with Crippen molar-refractivity contribution >= 4 is 11.6 Å². The molecular formula is C14H17ClN2O. The van der Waals surface area contributed by atoms with Crippen molar-refractivity contribution in [2.24, 2.45) is 0 Å². The highest BCUT2D eigenvalue weighted by Gasteiger charge is 2.20. The Hall–Kier alpha value is -1.32. The minimum Gasteiger partial charge on any atom is -0.453 e. The molecule has 2 heterocycles. The smallest absolute Gasteiger partial charge is 0.198 e. The Morgan fingerprint density at radius 1 is 1.39 bits per heavy atom. The van der Waals surface area contributed by atoms with Crippen LogP contribution in [-0.2, 0) is 0 Å². The average Bonchev–Trinajstić information content (AvgIpc) is 2.78. The van der Waals surface area contributed by atoms with Gasteiger partial charge in [0.25, 0.3) is 0 Å². The molecule has 96 valence electrons. The van der Waals surface area contributed by atoms with E-state index >= 15 is 0 Å². The Morgan fingerprint density at radius 3 is 2.83 bits per heavy atom. The number of rotatable bonds is 5. The molecule has 1 unspecified atom stereocenters. The van der Waals surface area contributed by atoms with Crippen LogP contribution in [-0.4, -0.2) is 11.5 Å². The number of hydrogen-bond acceptors (Lipinski definition) is 3. The second kappa shape index (κ2) is 6.03. The van der Waals surface area contributed by atoms with Gasteiger partial charge < -0.3 is 9.73 Å². The number of furan rings is 1. The standard InChI is InChI=1S/C14H17ClN2O/c1-3-6-17-13(11-5-8-18-14(11)15)12-9-16-7-4-10(12)2/h4-5,7-9,13,17H,3,6H2,1-2H3. The lowest BCUT2D eigenvalue weighted by molar-refractivity contribution is 0.549. The van der Waals surface area contributed by atoms with E-state index in [0.29, 0.717) is 5.22 Å². The van der Waals surface area contributed by atoms with E-state index in [0.717, 1.165) is 24.1 Å². The number of aromatic nitrogens is 1. The molecule has 0 aromatic carbocycles. The van der Waals surface area contributed by atoms with Gasteiger partial charge in [0.2, 0.25) is 0 Å². The zero-order valence-electron chi connectivity index (χ0n) is 10.6. The molecular weight excluding hydrogens is 248 g/mol. The Bertz CT molecular complexity index is 510. The van der Waals surface area contributed by atoms with Gasteiger partial charge in [-0.15, -0.1) is 0 Å². The second-order valence-corrected chi connectivity index (χ2v) is 4.61. The lowest BCUT2D eigenvalue weighted by Gasteiger charge is -2.19. The fraction of sp³-hybridized carbons (Fsp3) is 0.357. The van der Waals surface area contributed by atoms with Crippen molar-refractivity contribution in [2.75, 3.05) is 6.54 Å². The fourth-order valence-corrected chi connectivity index (χ4v) is 2.19. The van der Waals surface area contributed by atoms with Crippen LogP contribution in [0.5, 0.6) is 0 Å². The van der Waals surface area contributed by atoms with Crippen molar-refractivity contribution in [3.8, 4) is 0 Å². The summed E-state index contributed by atoms with van der Waals surface area (Å²) in [6.45, 7) is 5.13. The van der Waals surface area contributed by atoms with E-state index in [2.05, 4.69) is 24.1 Å². The van der Waals surface area contributed by atoms with Gasteiger partial charge in [0.05, 0.1) is 12.3 Å². The number of pyridine rings is 1. The summed E-state index contributed by atoms with van der Waals surface area (Å²) in [5.74, 6) is 0. The Kier molecular flexibility index (Phi) is 4.39. The average molecular weight is 265 g/mol.